The zero-order valence-electron chi connectivity index (χ0n) is 13.2. The van der Waals surface area contributed by atoms with Crippen LogP contribution in [0.5, 0.6) is 0 Å². The highest BCUT2D eigenvalue weighted by Gasteiger charge is 2.37. The highest BCUT2D eigenvalue weighted by Crippen LogP contribution is 2.19. The van der Waals surface area contributed by atoms with E-state index >= 15 is 0 Å². The second-order valence-corrected chi connectivity index (χ2v) is 5.29. The lowest BCUT2D eigenvalue weighted by atomic mass is 10.1. The molecule has 120 valence electrons. The molecule has 1 unspecified atom stereocenters. The number of aryl methyl sites for hydroxylation is 2. The molecule has 1 aliphatic rings. The topological polar surface area (TPSA) is 95.8 Å². The van der Waals surface area contributed by atoms with Crippen molar-refractivity contribution in [2.75, 3.05) is 26.7 Å². The number of hydrogen-bond acceptors (Lipinski definition) is 5. The lowest BCUT2D eigenvalue weighted by molar-refractivity contribution is -0.135. The average molecular weight is 308 g/mol. The van der Waals surface area contributed by atoms with E-state index in [0.29, 0.717) is 30.1 Å². The first kappa shape index (κ1) is 16.0. The molecule has 1 aromatic heterocycles. The van der Waals surface area contributed by atoms with Gasteiger partial charge in [-0.3, -0.25) is 14.4 Å². The highest BCUT2D eigenvalue weighted by atomic mass is 16.5. The van der Waals surface area contributed by atoms with Gasteiger partial charge in [-0.15, -0.1) is 0 Å². The van der Waals surface area contributed by atoms with Crippen LogP contribution in [-0.2, 0) is 9.59 Å². The number of nitrogens with one attached hydrogen (secondary N) is 1. The Morgan fingerprint density at radius 2 is 1.95 bits per heavy atom. The van der Waals surface area contributed by atoms with E-state index < -0.39 is 6.04 Å². The number of nitrogens with zero attached hydrogens (tertiary/aromatic N) is 3. The van der Waals surface area contributed by atoms with Crippen LogP contribution in [0.3, 0.4) is 0 Å². The van der Waals surface area contributed by atoms with Gasteiger partial charge in [-0.2, -0.15) is 0 Å². The van der Waals surface area contributed by atoms with E-state index in [1.54, 1.807) is 18.7 Å². The van der Waals surface area contributed by atoms with E-state index in [9.17, 15) is 14.4 Å². The minimum absolute atomic E-state index is 0.113. The molecule has 1 atom stereocenters. The summed E-state index contributed by atoms with van der Waals surface area (Å²) < 4.78 is 5.03. The molecule has 1 aromatic rings. The summed E-state index contributed by atoms with van der Waals surface area (Å²) in [6.07, 6.45) is 0. The zero-order chi connectivity index (χ0) is 16.4. The molecule has 3 amide bonds. The van der Waals surface area contributed by atoms with Gasteiger partial charge < -0.3 is 19.6 Å². The number of hydrogen-bond donors (Lipinski definition) is 1. The monoisotopic (exact) mass is 308 g/mol. The van der Waals surface area contributed by atoms with Crippen LogP contribution in [0.2, 0.25) is 0 Å². The standard InChI is InChI=1S/C14H20N4O4/c1-8-12(9(2)22-16-8)14(21)18-6-5-17(10(3)19)7-11(18)13(20)15-4/h11H,5-7H2,1-4H3,(H,15,20). The summed E-state index contributed by atoms with van der Waals surface area (Å²) in [6, 6.07) is -0.719. The van der Waals surface area contributed by atoms with Crippen molar-refractivity contribution in [2.45, 2.75) is 26.8 Å². The Kier molecular flexibility index (Phi) is 4.48. The van der Waals surface area contributed by atoms with Gasteiger partial charge in [0, 0.05) is 27.1 Å². The third-order valence-electron chi connectivity index (χ3n) is 3.88. The number of aromatic nitrogens is 1. The van der Waals surface area contributed by atoms with Gasteiger partial charge >= 0.3 is 0 Å². The summed E-state index contributed by atoms with van der Waals surface area (Å²) in [5, 5.41) is 6.32. The van der Waals surface area contributed by atoms with Crippen molar-refractivity contribution in [3.8, 4) is 0 Å². The Bertz CT molecular complexity index is 590. The van der Waals surface area contributed by atoms with Crippen molar-refractivity contribution in [2.24, 2.45) is 0 Å². The molecule has 1 fully saturated rings. The van der Waals surface area contributed by atoms with Crippen LogP contribution in [0.4, 0.5) is 0 Å². The van der Waals surface area contributed by atoms with Crippen LogP contribution in [0.15, 0.2) is 4.52 Å². The molecule has 1 N–H and O–H groups in total. The summed E-state index contributed by atoms with van der Waals surface area (Å²) in [7, 11) is 1.51. The predicted molar refractivity (Wildman–Crippen MR) is 77.1 cm³/mol. The van der Waals surface area contributed by atoms with Crippen LogP contribution in [0, 0.1) is 13.8 Å². The van der Waals surface area contributed by atoms with Gasteiger partial charge in [0.25, 0.3) is 5.91 Å². The molecular formula is C14H20N4O4. The van der Waals surface area contributed by atoms with Crippen molar-refractivity contribution >= 4 is 17.7 Å². The van der Waals surface area contributed by atoms with Crippen LogP contribution < -0.4 is 5.32 Å². The highest BCUT2D eigenvalue weighted by molar-refractivity contribution is 5.99. The maximum Gasteiger partial charge on any atom is 0.260 e. The Morgan fingerprint density at radius 1 is 1.27 bits per heavy atom. The van der Waals surface area contributed by atoms with Gasteiger partial charge in [0.15, 0.2) is 0 Å². The van der Waals surface area contributed by atoms with Crippen molar-refractivity contribution in [1.82, 2.24) is 20.3 Å². The van der Waals surface area contributed by atoms with Crippen LogP contribution >= 0.6 is 0 Å². The predicted octanol–water partition coefficient (Wildman–Crippen LogP) is -0.290. The molecule has 1 saturated heterocycles. The Hall–Kier alpha value is -2.38. The first-order valence-electron chi connectivity index (χ1n) is 7.07. The van der Waals surface area contributed by atoms with Crippen molar-refractivity contribution in [3.05, 3.63) is 17.0 Å². The second-order valence-electron chi connectivity index (χ2n) is 5.29. The number of piperazine rings is 1. The zero-order valence-corrected chi connectivity index (χ0v) is 13.2. The molecule has 8 nitrogen and oxygen atoms in total. The minimum atomic E-state index is -0.719. The molecular weight excluding hydrogens is 288 g/mol. The number of carbonyl (C=O) groups excluding carboxylic acids is 3. The maximum absolute atomic E-state index is 12.8. The molecule has 1 aliphatic heterocycles. The average Bonchev–Trinajstić information content (AvgIpc) is 2.84. The van der Waals surface area contributed by atoms with Gasteiger partial charge in [-0.05, 0) is 13.8 Å². The summed E-state index contributed by atoms with van der Waals surface area (Å²) in [4.78, 5) is 39.4. The third-order valence-corrected chi connectivity index (χ3v) is 3.88. The van der Waals surface area contributed by atoms with Crippen molar-refractivity contribution < 1.29 is 18.9 Å². The maximum atomic E-state index is 12.8. The quantitative estimate of drug-likeness (QED) is 0.810. The molecule has 0 saturated carbocycles. The van der Waals surface area contributed by atoms with Crippen LogP contribution in [0.25, 0.3) is 0 Å². The van der Waals surface area contributed by atoms with Gasteiger partial charge in [0.2, 0.25) is 11.8 Å². The van der Waals surface area contributed by atoms with E-state index in [1.807, 2.05) is 0 Å². The fraction of sp³-hybridized carbons (Fsp3) is 0.571. The Labute approximate surface area is 128 Å². The fourth-order valence-electron chi connectivity index (χ4n) is 2.63. The van der Waals surface area contributed by atoms with Gasteiger partial charge in [0.1, 0.15) is 17.4 Å². The molecule has 0 aromatic carbocycles. The van der Waals surface area contributed by atoms with Crippen molar-refractivity contribution in [1.29, 1.82) is 0 Å². The summed E-state index contributed by atoms with van der Waals surface area (Å²) in [5.74, 6) is -0.287. The van der Waals surface area contributed by atoms with Gasteiger partial charge in [-0.1, -0.05) is 5.16 Å². The number of likely N-dealkylation sites (N-methyl/N-ethyl adjacent to an activating group) is 1. The smallest absolute Gasteiger partial charge is 0.260 e. The number of carbonyl (C=O) groups is 3. The van der Waals surface area contributed by atoms with E-state index in [-0.39, 0.29) is 24.3 Å². The first-order valence-corrected chi connectivity index (χ1v) is 7.07. The molecule has 0 spiro atoms. The summed E-state index contributed by atoms with van der Waals surface area (Å²) >= 11 is 0. The molecule has 8 heteroatoms. The lowest BCUT2D eigenvalue weighted by Crippen LogP contribution is -2.61. The van der Waals surface area contributed by atoms with Crippen molar-refractivity contribution in [3.63, 3.8) is 0 Å². The van der Waals surface area contributed by atoms with Gasteiger partial charge in [-0.25, -0.2) is 0 Å². The second kappa shape index (κ2) is 6.17. The minimum Gasteiger partial charge on any atom is -0.361 e. The molecule has 2 heterocycles. The van der Waals surface area contributed by atoms with Gasteiger partial charge in [0.05, 0.1) is 12.2 Å². The van der Waals surface area contributed by atoms with Crippen LogP contribution in [0.1, 0.15) is 28.7 Å². The Morgan fingerprint density at radius 3 is 2.45 bits per heavy atom. The van der Waals surface area contributed by atoms with E-state index in [4.69, 9.17) is 4.52 Å². The number of amides is 3. The summed E-state index contributed by atoms with van der Waals surface area (Å²) in [6.45, 7) is 5.67. The molecule has 22 heavy (non-hydrogen) atoms. The third kappa shape index (κ3) is 2.81. The molecule has 0 radical (unpaired) electrons. The first-order chi connectivity index (χ1) is 10.4. The van der Waals surface area contributed by atoms with E-state index in [1.165, 1.54) is 18.9 Å². The normalized spacial score (nSPS) is 18.3. The largest absolute Gasteiger partial charge is 0.361 e. The lowest BCUT2D eigenvalue weighted by Gasteiger charge is -2.40. The van der Waals surface area contributed by atoms with Crippen LogP contribution in [-0.4, -0.2) is 65.4 Å². The molecule has 0 aliphatic carbocycles. The van der Waals surface area contributed by atoms with E-state index in [2.05, 4.69) is 10.5 Å². The fourth-order valence-corrected chi connectivity index (χ4v) is 2.63. The molecule has 0 bridgehead atoms. The molecule has 2 rings (SSSR count). The SMILES string of the molecule is CNC(=O)C1CN(C(C)=O)CCN1C(=O)c1c(C)noc1C. The number of rotatable bonds is 2. The Balaban J connectivity index is 2.30. The summed E-state index contributed by atoms with van der Waals surface area (Å²) in [5.41, 5.74) is 0.873. The van der Waals surface area contributed by atoms with E-state index in [0.717, 1.165) is 0 Å².